The Labute approximate surface area is 211 Å². The number of benzene rings is 4. The predicted molar refractivity (Wildman–Crippen MR) is 143 cm³/mol. The average molecular weight is 480 g/mol. The number of rotatable bonds is 10. The second-order valence-electron chi connectivity index (χ2n) is 8.39. The molecular formula is C30H29N3O3. The number of amides is 2. The number of carbonyl (C=O) groups excluding carboxylic acids is 2. The van der Waals surface area contributed by atoms with Crippen molar-refractivity contribution in [3.8, 4) is 5.75 Å². The van der Waals surface area contributed by atoms with E-state index in [1.165, 1.54) is 0 Å². The zero-order valence-electron chi connectivity index (χ0n) is 20.1. The van der Waals surface area contributed by atoms with Gasteiger partial charge in [0.05, 0.1) is 12.6 Å². The molecule has 0 aliphatic heterocycles. The van der Waals surface area contributed by atoms with Crippen molar-refractivity contribution < 1.29 is 14.3 Å². The van der Waals surface area contributed by atoms with Gasteiger partial charge in [0, 0.05) is 23.0 Å². The third kappa shape index (κ3) is 7.21. The summed E-state index contributed by atoms with van der Waals surface area (Å²) in [6.07, 6.45) is 0. The van der Waals surface area contributed by atoms with Crippen molar-refractivity contribution in [1.82, 2.24) is 5.32 Å². The van der Waals surface area contributed by atoms with Crippen LogP contribution in [0.4, 0.5) is 11.4 Å². The number of ether oxygens (including phenoxy) is 1. The van der Waals surface area contributed by atoms with Gasteiger partial charge < -0.3 is 20.7 Å². The van der Waals surface area contributed by atoms with Gasteiger partial charge >= 0.3 is 0 Å². The van der Waals surface area contributed by atoms with Crippen LogP contribution in [0.15, 0.2) is 109 Å². The second-order valence-corrected chi connectivity index (χ2v) is 8.39. The minimum atomic E-state index is -0.194. The van der Waals surface area contributed by atoms with Crippen LogP contribution in [0.5, 0.6) is 5.75 Å². The number of carbonyl (C=O) groups is 2. The van der Waals surface area contributed by atoms with E-state index in [9.17, 15) is 9.59 Å². The zero-order valence-corrected chi connectivity index (χ0v) is 20.1. The van der Waals surface area contributed by atoms with Gasteiger partial charge in [0.2, 0.25) is 5.91 Å². The van der Waals surface area contributed by atoms with Gasteiger partial charge in [-0.2, -0.15) is 0 Å². The molecule has 0 spiro atoms. The highest BCUT2D eigenvalue weighted by Crippen LogP contribution is 2.19. The van der Waals surface area contributed by atoms with Crippen LogP contribution in [-0.2, 0) is 11.4 Å². The molecule has 0 saturated carbocycles. The molecule has 4 rings (SSSR count). The lowest BCUT2D eigenvalue weighted by Gasteiger charge is -2.14. The fourth-order valence-corrected chi connectivity index (χ4v) is 3.63. The minimum absolute atomic E-state index is 0.0962. The van der Waals surface area contributed by atoms with E-state index in [1.807, 2.05) is 91.9 Å². The summed E-state index contributed by atoms with van der Waals surface area (Å²) in [5, 5.41) is 8.94. The topological polar surface area (TPSA) is 79.5 Å². The summed E-state index contributed by atoms with van der Waals surface area (Å²) < 4.78 is 5.84. The summed E-state index contributed by atoms with van der Waals surface area (Å²) in [7, 11) is 0. The van der Waals surface area contributed by atoms with Crippen molar-refractivity contribution >= 4 is 23.2 Å². The molecule has 0 bridgehead atoms. The third-order valence-corrected chi connectivity index (χ3v) is 5.61. The second kappa shape index (κ2) is 12.2. The molecule has 36 heavy (non-hydrogen) atoms. The van der Waals surface area contributed by atoms with Crippen LogP contribution in [0.2, 0.25) is 0 Å². The first-order chi connectivity index (χ1) is 17.6. The van der Waals surface area contributed by atoms with Crippen LogP contribution in [0, 0.1) is 0 Å². The average Bonchev–Trinajstić information content (AvgIpc) is 2.92. The normalized spacial score (nSPS) is 11.2. The first-order valence-electron chi connectivity index (χ1n) is 11.8. The van der Waals surface area contributed by atoms with Crippen LogP contribution in [-0.4, -0.2) is 18.4 Å². The molecule has 1 atom stereocenters. The number of nitrogens with one attached hydrogen (secondary N) is 3. The molecule has 0 aliphatic carbocycles. The minimum Gasteiger partial charge on any atom is -0.489 e. The van der Waals surface area contributed by atoms with Gasteiger partial charge in [0.25, 0.3) is 5.91 Å². The van der Waals surface area contributed by atoms with Gasteiger partial charge in [-0.1, -0.05) is 66.7 Å². The lowest BCUT2D eigenvalue weighted by molar-refractivity contribution is -0.114. The summed E-state index contributed by atoms with van der Waals surface area (Å²) >= 11 is 0. The van der Waals surface area contributed by atoms with Gasteiger partial charge in [0.1, 0.15) is 12.4 Å². The van der Waals surface area contributed by atoms with Crippen LogP contribution >= 0.6 is 0 Å². The maximum Gasteiger partial charge on any atom is 0.251 e. The van der Waals surface area contributed by atoms with Crippen molar-refractivity contribution in [2.45, 2.75) is 19.6 Å². The fraction of sp³-hybridized carbons (Fsp3) is 0.133. The maximum atomic E-state index is 12.6. The molecular weight excluding hydrogens is 450 g/mol. The monoisotopic (exact) mass is 479 g/mol. The highest BCUT2D eigenvalue weighted by atomic mass is 16.5. The fourth-order valence-electron chi connectivity index (χ4n) is 3.63. The summed E-state index contributed by atoms with van der Waals surface area (Å²) in [5.41, 5.74) is 4.06. The van der Waals surface area contributed by atoms with E-state index in [1.54, 1.807) is 24.3 Å². The van der Waals surface area contributed by atoms with Crippen molar-refractivity contribution in [3.63, 3.8) is 0 Å². The van der Waals surface area contributed by atoms with Crippen molar-refractivity contribution in [1.29, 1.82) is 0 Å². The van der Waals surface area contributed by atoms with Crippen LogP contribution in [0.3, 0.4) is 0 Å². The molecule has 0 fully saturated rings. The van der Waals surface area contributed by atoms with Gasteiger partial charge in [-0.25, -0.2) is 0 Å². The maximum absolute atomic E-state index is 12.6. The molecule has 0 aromatic heterocycles. The lowest BCUT2D eigenvalue weighted by Crippen LogP contribution is -2.26. The van der Waals surface area contributed by atoms with Crippen molar-refractivity contribution in [2.24, 2.45) is 0 Å². The highest BCUT2D eigenvalue weighted by molar-refractivity contribution is 5.96. The number of hydrogen-bond acceptors (Lipinski definition) is 4. The molecule has 4 aromatic carbocycles. The molecule has 3 N–H and O–H groups in total. The van der Waals surface area contributed by atoms with E-state index in [0.717, 1.165) is 22.6 Å². The van der Waals surface area contributed by atoms with Crippen LogP contribution < -0.4 is 20.7 Å². The SMILES string of the molecule is CC(NC(=O)c1ccc(NC(=O)CNc2cccc(OCc3ccccc3)c2)cc1)c1ccccc1. The molecule has 4 aromatic rings. The summed E-state index contributed by atoms with van der Waals surface area (Å²) in [5.74, 6) is 0.362. The predicted octanol–water partition coefficient (Wildman–Crippen LogP) is 5.81. The quantitative estimate of drug-likeness (QED) is 0.268. The van der Waals surface area contributed by atoms with Gasteiger partial charge in [0.15, 0.2) is 0 Å². The van der Waals surface area contributed by atoms with Crippen molar-refractivity contribution in [3.05, 3.63) is 126 Å². The van der Waals surface area contributed by atoms with E-state index in [4.69, 9.17) is 4.74 Å². The Bertz CT molecular complexity index is 1280. The Morgan fingerprint density at radius 3 is 2.19 bits per heavy atom. The molecule has 6 heteroatoms. The lowest BCUT2D eigenvalue weighted by atomic mass is 10.1. The van der Waals surface area contributed by atoms with Gasteiger partial charge in [-0.15, -0.1) is 0 Å². The molecule has 1 unspecified atom stereocenters. The molecule has 2 amide bonds. The Kier molecular flexibility index (Phi) is 8.33. The summed E-state index contributed by atoms with van der Waals surface area (Å²) in [6, 6.07) is 34.0. The third-order valence-electron chi connectivity index (χ3n) is 5.61. The standard InChI is InChI=1S/C30H29N3O3/c1-22(24-11-6-3-7-12-24)32-30(35)25-15-17-26(18-16-25)33-29(34)20-31-27-13-8-14-28(19-27)36-21-23-9-4-2-5-10-23/h2-19,22,31H,20-21H2,1H3,(H,32,35)(H,33,34). The first-order valence-corrected chi connectivity index (χ1v) is 11.8. The molecule has 0 radical (unpaired) electrons. The summed E-state index contributed by atoms with van der Waals surface area (Å²) in [6.45, 7) is 2.52. The Hall–Kier alpha value is -4.58. The van der Waals surface area contributed by atoms with Gasteiger partial charge in [-0.05, 0) is 54.4 Å². The molecule has 0 aliphatic rings. The van der Waals surface area contributed by atoms with E-state index in [-0.39, 0.29) is 24.4 Å². The molecule has 0 heterocycles. The van der Waals surface area contributed by atoms with E-state index in [0.29, 0.717) is 17.9 Å². The van der Waals surface area contributed by atoms with E-state index in [2.05, 4.69) is 16.0 Å². The van der Waals surface area contributed by atoms with Crippen molar-refractivity contribution in [2.75, 3.05) is 17.2 Å². The molecule has 6 nitrogen and oxygen atoms in total. The van der Waals surface area contributed by atoms with Crippen LogP contribution in [0.25, 0.3) is 0 Å². The van der Waals surface area contributed by atoms with Gasteiger partial charge in [-0.3, -0.25) is 9.59 Å². The smallest absolute Gasteiger partial charge is 0.251 e. The highest BCUT2D eigenvalue weighted by Gasteiger charge is 2.11. The first kappa shape index (κ1) is 24.5. The Morgan fingerprint density at radius 2 is 1.47 bits per heavy atom. The Morgan fingerprint density at radius 1 is 0.778 bits per heavy atom. The Balaban J connectivity index is 1.24. The van der Waals surface area contributed by atoms with Crippen LogP contribution in [0.1, 0.15) is 34.5 Å². The van der Waals surface area contributed by atoms with E-state index >= 15 is 0 Å². The zero-order chi connectivity index (χ0) is 25.2. The molecule has 0 saturated heterocycles. The number of hydrogen-bond donors (Lipinski definition) is 3. The molecule has 182 valence electrons. The largest absolute Gasteiger partial charge is 0.489 e. The summed E-state index contributed by atoms with van der Waals surface area (Å²) in [4.78, 5) is 25.0. The van der Waals surface area contributed by atoms with E-state index < -0.39 is 0 Å². The number of anilines is 2.